The Balaban J connectivity index is 2.11. The highest BCUT2D eigenvalue weighted by Gasteiger charge is 2.42. The first kappa shape index (κ1) is 28.9. The molecule has 1 saturated heterocycles. The number of piperidine rings is 1. The van der Waals surface area contributed by atoms with Crippen LogP contribution in [0.2, 0.25) is 0 Å². The minimum Gasteiger partial charge on any atom is -0.465 e. The van der Waals surface area contributed by atoms with Gasteiger partial charge in [0.15, 0.2) is 0 Å². The van der Waals surface area contributed by atoms with Crippen LogP contribution in [0.1, 0.15) is 46.1 Å². The van der Waals surface area contributed by atoms with Gasteiger partial charge in [0.25, 0.3) is 0 Å². The van der Waals surface area contributed by atoms with E-state index >= 15 is 0 Å². The molecule has 0 spiro atoms. The summed E-state index contributed by atoms with van der Waals surface area (Å²) in [4.78, 5) is 54.7. The summed E-state index contributed by atoms with van der Waals surface area (Å²) >= 11 is 0. The minimum atomic E-state index is -0.733. The van der Waals surface area contributed by atoms with E-state index in [2.05, 4.69) is 0 Å². The number of nitrogens with zero attached hydrogens (tertiary/aromatic N) is 3. The van der Waals surface area contributed by atoms with Gasteiger partial charge in [-0.2, -0.15) is 0 Å². The van der Waals surface area contributed by atoms with Gasteiger partial charge in [0, 0.05) is 25.7 Å². The average molecular weight is 506 g/mol. The van der Waals surface area contributed by atoms with Crippen molar-refractivity contribution < 1.29 is 33.4 Å². The Labute approximate surface area is 213 Å². The van der Waals surface area contributed by atoms with Crippen LogP contribution in [0, 0.1) is 5.92 Å². The molecule has 0 aromatic heterocycles. The second-order valence-electron chi connectivity index (χ2n) is 9.64. The molecule has 3 amide bonds. The SMILES string of the molecule is CCOC(=O)CN(C)C(=O)CN(C(=O)OCc1ccccc1)C1(C)CCN(C(=O)OCC(C)C)CC1. The van der Waals surface area contributed by atoms with Crippen LogP contribution in [0.15, 0.2) is 30.3 Å². The van der Waals surface area contributed by atoms with E-state index in [1.54, 1.807) is 11.8 Å². The zero-order chi connectivity index (χ0) is 26.7. The Bertz CT molecular complexity index is 883. The molecule has 0 N–H and O–H groups in total. The minimum absolute atomic E-state index is 0.0623. The Morgan fingerprint density at radius 1 is 1.00 bits per heavy atom. The highest BCUT2D eigenvalue weighted by molar-refractivity contribution is 5.85. The molecule has 0 radical (unpaired) electrons. The first-order valence-corrected chi connectivity index (χ1v) is 12.3. The van der Waals surface area contributed by atoms with Crippen molar-refractivity contribution in [2.75, 3.05) is 46.4 Å². The van der Waals surface area contributed by atoms with Crippen LogP contribution in [-0.2, 0) is 30.4 Å². The number of carbonyl (C=O) groups excluding carboxylic acids is 4. The summed E-state index contributed by atoms with van der Waals surface area (Å²) in [6, 6.07) is 9.27. The van der Waals surface area contributed by atoms with E-state index in [4.69, 9.17) is 14.2 Å². The molecule has 1 aromatic rings. The summed E-state index contributed by atoms with van der Waals surface area (Å²) in [5.74, 6) is -0.706. The number of hydrogen-bond acceptors (Lipinski definition) is 7. The maximum atomic E-state index is 13.2. The molecule has 1 aliphatic heterocycles. The molecule has 1 aliphatic rings. The quantitative estimate of drug-likeness (QED) is 0.355. The Kier molecular flexibility index (Phi) is 11.0. The predicted octanol–water partition coefficient (Wildman–Crippen LogP) is 3.29. The fourth-order valence-corrected chi connectivity index (χ4v) is 3.79. The normalized spacial score (nSPS) is 14.7. The molecule has 0 saturated carbocycles. The van der Waals surface area contributed by atoms with Crippen LogP contribution < -0.4 is 0 Å². The van der Waals surface area contributed by atoms with Crippen molar-refractivity contribution >= 4 is 24.1 Å². The van der Waals surface area contributed by atoms with Crippen molar-refractivity contribution in [1.82, 2.24) is 14.7 Å². The summed E-state index contributed by atoms with van der Waals surface area (Å²) in [6.07, 6.45) is -0.123. The van der Waals surface area contributed by atoms with Crippen LogP contribution in [0.3, 0.4) is 0 Å². The zero-order valence-corrected chi connectivity index (χ0v) is 22.0. The number of amides is 3. The topological polar surface area (TPSA) is 106 Å². The van der Waals surface area contributed by atoms with Gasteiger partial charge in [-0.25, -0.2) is 9.59 Å². The second-order valence-corrected chi connectivity index (χ2v) is 9.64. The largest absolute Gasteiger partial charge is 0.465 e. The van der Waals surface area contributed by atoms with Gasteiger partial charge < -0.3 is 24.0 Å². The fraction of sp³-hybridized carbons (Fsp3) is 0.615. The summed E-state index contributed by atoms with van der Waals surface area (Å²) in [6.45, 7) is 8.40. The third kappa shape index (κ3) is 8.73. The number of ether oxygens (including phenoxy) is 3. The molecule has 2 rings (SSSR count). The van der Waals surface area contributed by atoms with E-state index < -0.39 is 23.5 Å². The van der Waals surface area contributed by atoms with Crippen LogP contribution in [-0.4, -0.2) is 90.7 Å². The van der Waals surface area contributed by atoms with Gasteiger partial charge in [0.2, 0.25) is 5.91 Å². The van der Waals surface area contributed by atoms with Crippen molar-refractivity contribution in [1.29, 1.82) is 0 Å². The van der Waals surface area contributed by atoms with Gasteiger partial charge in [0.05, 0.1) is 13.2 Å². The lowest BCUT2D eigenvalue weighted by Crippen LogP contribution is -2.59. The number of carbonyl (C=O) groups is 4. The standard InChI is InChI=1S/C26H39N3O7/c1-6-34-23(31)17-27(5)22(30)16-29(25(33)36-19-21-10-8-7-9-11-21)26(4)12-14-28(15-13-26)24(32)35-18-20(2)3/h7-11,20H,6,12-19H2,1-5H3. The van der Waals surface area contributed by atoms with Crippen LogP contribution in [0.5, 0.6) is 0 Å². The number of rotatable bonds is 10. The summed E-state index contributed by atoms with van der Waals surface area (Å²) in [5, 5.41) is 0. The molecule has 1 aromatic carbocycles. The maximum Gasteiger partial charge on any atom is 0.411 e. The fourth-order valence-electron chi connectivity index (χ4n) is 3.79. The van der Waals surface area contributed by atoms with Crippen molar-refractivity contribution in [3.8, 4) is 0 Å². The highest BCUT2D eigenvalue weighted by atomic mass is 16.6. The molecular weight excluding hydrogens is 466 g/mol. The molecule has 0 atom stereocenters. The summed E-state index contributed by atoms with van der Waals surface area (Å²) in [5.41, 5.74) is 0.0904. The lowest BCUT2D eigenvalue weighted by atomic mass is 9.88. The van der Waals surface area contributed by atoms with Crippen molar-refractivity contribution in [3.63, 3.8) is 0 Å². The van der Waals surface area contributed by atoms with Crippen molar-refractivity contribution in [2.24, 2.45) is 5.92 Å². The first-order chi connectivity index (χ1) is 17.1. The molecule has 10 nitrogen and oxygen atoms in total. The number of likely N-dealkylation sites (N-methyl/N-ethyl adjacent to an activating group) is 1. The predicted molar refractivity (Wildman–Crippen MR) is 133 cm³/mol. The number of benzene rings is 1. The van der Waals surface area contributed by atoms with Gasteiger partial charge in [-0.05, 0) is 38.2 Å². The zero-order valence-electron chi connectivity index (χ0n) is 22.0. The van der Waals surface area contributed by atoms with E-state index in [0.717, 1.165) is 5.56 Å². The van der Waals surface area contributed by atoms with Gasteiger partial charge in [-0.15, -0.1) is 0 Å². The van der Waals surface area contributed by atoms with Crippen LogP contribution in [0.4, 0.5) is 9.59 Å². The molecular formula is C26H39N3O7. The van der Waals surface area contributed by atoms with Gasteiger partial charge in [-0.1, -0.05) is 44.2 Å². The molecule has 0 bridgehead atoms. The van der Waals surface area contributed by atoms with Gasteiger partial charge >= 0.3 is 18.2 Å². The average Bonchev–Trinajstić information content (AvgIpc) is 2.85. The van der Waals surface area contributed by atoms with E-state index in [0.29, 0.717) is 32.5 Å². The molecule has 0 unspecified atom stereocenters. The molecule has 10 heteroatoms. The van der Waals surface area contributed by atoms with E-state index in [-0.39, 0.29) is 38.3 Å². The Morgan fingerprint density at radius 3 is 2.22 bits per heavy atom. The van der Waals surface area contributed by atoms with Gasteiger partial charge in [0.1, 0.15) is 19.7 Å². The number of hydrogen-bond donors (Lipinski definition) is 0. The third-order valence-corrected chi connectivity index (χ3v) is 6.11. The summed E-state index contributed by atoms with van der Waals surface area (Å²) in [7, 11) is 1.49. The van der Waals surface area contributed by atoms with Crippen LogP contribution in [0.25, 0.3) is 0 Å². The molecule has 0 aliphatic carbocycles. The second kappa shape index (κ2) is 13.7. The van der Waals surface area contributed by atoms with Crippen molar-refractivity contribution in [3.05, 3.63) is 35.9 Å². The van der Waals surface area contributed by atoms with Gasteiger partial charge in [-0.3, -0.25) is 14.5 Å². The number of esters is 1. The molecule has 200 valence electrons. The van der Waals surface area contributed by atoms with Crippen molar-refractivity contribution in [2.45, 2.75) is 52.7 Å². The Morgan fingerprint density at radius 2 is 1.64 bits per heavy atom. The third-order valence-electron chi connectivity index (χ3n) is 6.11. The lowest BCUT2D eigenvalue weighted by Gasteiger charge is -2.45. The number of likely N-dealkylation sites (tertiary alicyclic amines) is 1. The Hall–Kier alpha value is -3.30. The lowest BCUT2D eigenvalue weighted by molar-refractivity contribution is -0.148. The smallest absolute Gasteiger partial charge is 0.411 e. The molecule has 1 heterocycles. The summed E-state index contributed by atoms with van der Waals surface area (Å²) < 4.78 is 15.8. The van der Waals surface area contributed by atoms with E-state index in [1.807, 2.05) is 51.1 Å². The van der Waals surface area contributed by atoms with E-state index in [9.17, 15) is 19.2 Å². The maximum absolute atomic E-state index is 13.2. The monoisotopic (exact) mass is 505 g/mol. The highest BCUT2D eigenvalue weighted by Crippen LogP contribution is 2.30. The van der Waals surface area contributed by atoms with Crippen LogP contribution >= 0.6 is 0 Å². The first-order valence-electron chi connectivity index (χ1n) is 12.3. The van der Waals surface area contributed by atoms with E-state index in [1.165, 1.54) is 16.8 Å². The molecule has 1 fully saturated rings. The molecule has 36 heavy (non-hydrogen) atoms.